The Balaban J connectivity index is 1.98. The maximum atomic E-state index is 11.0. The molecule has 2 rings (SSSR count). The number of nitrogens with zero attached hydrogens (tertiary/aromatic N) is 2. The zero-order chi connectivity index (χ0) is 13.0. The van der Waals surface area contributed by atoms with Crippen molar-refractivity contribution in [2.45, 2.75) is 45.4 Å². The van der Waals surface area contributed by atoms with E-state index in [4.69, 9.17) is 5.11 Å². The van der Waals surface area contributed by atoms with Crippen molar-refractivity contribution in [2.24, 2.45) is 5.41 Å². The van der Waals surface area contributed by atoms with E-state index in [1.54, 1.807) is 0 Å². The van der Waals surface area contributed by atoms with E-state index >= 15 is 0 Å². The number of rotatable bonds is 5. The lowest BCUT2D eigenvalue weighted by Gasteiger charge is -2.36. The highest BCUT2D eigenvalue weighted by molar-refractivity contribution is 7.09. The summed E-state index contributed by atoms with van der Waals surface area (Å²) in [6, 6.07) is 0. The lowest BCUT2D eigenvalue weighted by atomic mass is 9.72. The summed E-state index contributed by atoms with van der Waals surface area (Å²) >= 11 is 1.34. The molecule has 1 aromatic rings. The average Bonchev–Trinajstić information content (AvgIpc) is 2.73. The van der Waals surface area contributed by atoms with Crippen LogP contribution in [0.5, 0.6) is 0 Å². The van der Waals surface area contributed by atoms with Crippen LogP contribution in [0.25, 0.3) is 0 Å². The van der Waals surface area contributed by atoms with E-state index in [0.717, 1.165) is 36.6 Å². The van der Waals surface area contributed by atoms with Crippen molar-refractivity contribution in [3.63, 3.8) is 0 Å². The second-order valence-electron chi connectivity index (χ2n) is 5.13. The van der Waals surface area contributed by atoms with Crippen LogP contribution in [-0.4, -0.2) is 27.0 Å². The molecule has 2 N–H and O–H groups in total. The molecule has 100 valence electrons. The normalized spacial score (nSPS) is 18.5. The van der Waals surface area contributed by atoms with Gasteiger partial charge in [-0.2, -0.15) is 4.37 Å². The largest absolute Gasteiger partial charge is 0.481 e. The number of carbonyl (C=O) groups is 1. The summed E-state index contributed by atoms with van der Waals surface area (Å²) in [6.45, 7) is 2.54. The van der Waals surface area contributed by atoms with Gasteiger partial charge in [-0.3, -0.25) is 4.79 Å². The predicted octanol–water partition coefficient (Wildman–Crippen LogP) is 2.68. The van der Waals surface area contributed by atoms with E-state index in [1.807, 2.05) is 6.92 Å². The molecule has 0 spiro atoms. The maximum absolute atomic E-state index is 11.0. The molecule has 0 saturated heterocycles. The fraction of sp³-hybridized carbons (Fsp3) is 0.750. The quantitative estimate of drug-likeness (QED) is 0.859. The smallest absolute Gasteiger partial charge is 0.303 e. The Morgan fingerprint density at radius 3 is 2.72 bits per heavy atom. The van der Waals surface area contributed by atoms with Crippen LogP contribution in [0.2, 0.25) is 0 Å². The van der Waals surface area contributed by atoms with Gasteiger partial charge < -0.3 is 10.4 Å². The first kappa shape index (κ1) is 13.3. The molecule has 0 aliphatic heterocycles. The van der Waals surface area contributed by atoms with E-state index in [2.05, 4.69) is 14.7 Å². The molecule has 1 saturated carbocycles. The van der Waals surface area contributed by atoms with Crippen LogP contribution in [-0.2, 0) is 4.79 Å². The van der Waals surface area contributed by atoms with Crippen molar-refractivity contribution >= 4 is 22.6 Å². The standard InChI is InChI=1S/C12H19N3O2S/c1-9-14-11(18-15-9)13-8-12(7-10(16)17)5-3-2-4-6-12/h2-8H2,1H3,(H,16,17)(H,13,14,15). The molecular formula is C12H19N3O2S. The fourth-order valence-electron chi connectivity index (χ4n) is 2.67. The Morgan fingerprint density at radius 1 is 1.44 bits per heavy atom. The third kappa shape index (κ3) is 3.41. The van der Waals surface area contributed by atoms with Crippen molar-refractivity contribution in [3.8, 4) is 0 Å². The highest BCUT2D eigenvalue weighted by Gasteiger charge is 2.34. The number of aromatic nitrogens is 2. The molecule has 0 atom stereocenters. The Labute approximate surface area is 111 Å². The molecule has 1 heterocycles. The second kappa shape index (κ2) is 5.65. The van der Waals surface area contributed by atoms with Gasteiger partial charge in [-0.25, -0.2) is 4.98 Å². The maximum Gasteiger partial charge on any atom is 0.303 e. The van der Waals surface area contributed by atoms with Gasteiger partial charge in [0.15, 0.2) is 0 Å². The van der Waals surface area contributed by atoms with E-state index in [9.17, 15) is 4.79 Å². The molecule has 5 nitrogen and oxygen atoms in total. The Morgan fingerprint density at radius 2 is 2.17 bits per heavy atom. The topological polar surface area (TPSA) is 75.1 Å². The third-order valence-electron chi connectivity index (χ3n) is 3.58. The van der Waals surface area contributed by atoms with Gasteiger partial charge in [0.2, 0.25) is 5.13 Å². The first-order chi connectivity index (χ1) is 8.60. The van der Waals surface area contributed by atoms with Gasteiger partial charge in [-0.15, -0.1) is 0 Å². The SMILES string of the molecule is Cc1nsc(NCC2(CC(=O)O)CCCCC2)n1. The molecule has 0 radical (unpaired) electrons. The number of aryl methyl sites for hydroxylation is 1. The Hall–Kier alpha value is -1.17. The van der Waals surface area contributed by atoms with Gasteiger partial charge in [0, 0.05) is 18.1 Å². The van der Waals surface area contributed by atoms with Gasteiger partial charge >= 0.3 is 5.97 Å². The molecule has 18 heavy (non-hydrogen) atoms. The minimum Gasteiger partial charge on any atom is -0.481 e. The number of carboxylic acids is 1. The molecule has 1 aliphatic rings. The zero-order valence-corrected chi connectivity index (χ0v) is 11.4. The van der Waals surface area contributed by atoms with Crippen molar-refractivity contribution in [3.05, 3.63) is 5.82 Å². The van der Waals surface area contributed by atoms with Crippen molar-refractivity contribution in [1.82, 2.24) is 9.36 Å². The molecule has 0 aromatic carbocycles. The summed E-state index contributed by atoms with van der Waals surface area (Å²) in [4.78, 5) is 15.3. The number of hydrogen-bond acceptors (Lipinski definition) is 5. The van der Waals surface area contributed by atoms with Crippen molar-refractivity contribution < 1.29 is 9.90 Å². The number of hydrogen-bond donors (Lipinski definition) is 2. The van der Waals surface area contributed by atoms with Crippen LogP contribution in [0.1, 0.15) is 44.3 Å². The summed E-state index contributed by atoms with van der Waals surface area (Å²) < 4.78 is 4.12. The van der Waals surface area contributed by atoms with E-state index in [1.165, 1.54) is 18.0 Å². The fourth-order valence-corrected chi connectivity index (χ4v) is 3.24. The Bertz CT molecular complexity index is 413. The molecule has 1 fully saturated rings. The van der Waals surface area contributed by atoms with Gasteiger partial charge in [0.05, 0.1) is 6.42 Å². The lowest BCUT2D eigenvalue weighted by molar-refractivity contribution is -0.140. The summed E-state index contributed by atoms with van der Waals surface area (Å²) in [5, 5.41) is 13.1. The van der Waals surface area contributed by atoms with Gasteiger partial charge in [0.1, 0.15) is 5.82 Å². The van der Waals surface area contributed by atoms with E-state index in [0.29, 0.717) is 6.54 Å². The summed E-state index contributed by atoms with van der Waals surface area (Å²) in [6.07, 6.45) is 5.71. The van der Waals surface area contributed by atoms with Crippen LogP contribution >= 0.6 is 11.5 Å². The Kier molecular flexibility index (Phi) is 4.16. The molecule has 6 heteroatoms. The van der Waals surface area contributed by atoms with Gasteiger partial charge in [-0.05, 0) is 25.2 Å². The second-order valence-corrected chi connectivity index (χ2v) is 5.88. The lowest BCUT2D eigenvalue weighted by Crippen LogP contribution is -2.34. The molecule has 1 aliphatic carbocycles. The number of carboxylic acid groups (broad SMARTS) is 1. The minimum absolute atomic E-state index is 0.107. The highest BCUT2D eigenvalue weighted by Crippen LogP contribution is 2.39. The molecule has 0 bridgehead atoms. The zero-order valence-electron chi connectivity index (χ0n) is 10.6. The molecule has 1 aromatic heterocycles. The first-order valence-electron chi connectivity index (χ1n) is 6.36. The van der Waals surface area contributed by atoms with Crippen LogP contribution in [0.3, 0.4) is 0 Å². The number of anilines is 1. The van der Waals surface area contributed by atoms with Crippen LogP contribution in [0, 0.1) is 12.3 Å². The molecule has 0 amide bonds. The van der Waals surface area contributed by atoms with E-state index < -0.39 is 5.97 Å². The van der Waals surface area contributed by atoms with Gasteiger partial charge in [-0.1, -0.05) is 19.3 Å². The van der Waals surface area contributed by atoms with E-state index in [-0.39, 0.29) is 11.8 Å². The van der Waals surface area contributed by atoms with Crippen LogP contribution in [0.4, 0.5) is 5.13 Å². The van der Waals surface area contributed by atoms with Crippen LogP contribution in [0.15, 0.2) is 0 Å². The highest BCUT2D eigenvalue weighted by atomic mass is 32.1. The third-order valence-corrected chi connectivity index (χ3v) is 4.35. The number of nitrogens with one attached hydrogen (secondary N) is 1. The predicted molar refractivity (Wildman–Crippen MR) is 70.9 cm³/mol. The summed E-state index contributed by atoms with van der Waals surface area (Å²) in [7, 11) is 0. The summed E-state index contributed by atoms with van der Waals surface area (Å²) in [5.74, 6) is 0.0607. The van der Waals surface area contributed by atoms with Crippen molar-refractivity contribution in [1.29, 1.82) is 0 Å². The number of aliphatic carboxylic acids is 1. The molecular weight excluding hydrogens is 250 g/mol. The first-order valence-corrected chi connectivity index (χ1v) is 7.13. The minimum atomic E-state index is -0.702. The monoisotopic (exact) mass is 269 g/mol. The molecule has 0 unspecified atom stereocenters. The average molecular weight is 269 g/mol. The van der Waals surface area contributed by atoms with Crippen molar-refractivity contribution in [2.75, 3.05) is 11.9 Å². The van der Waals surface area contributed by atoms with Gasteiger partial charge in [0.25, 0.3) is 0 Å². The van der Waals surface area contributed by atoms with Crippen LogP contribution < -0.4 is 5.32 Å². The summed E-state index contributed by atoms with van der Waals surface area (Å²) in [5.41, 5.74) is -0.107.